The van der Waals surface area contributed by atoms with Gasteiger partial charge in [0.2, 0.25) is 15.9 Å². The SMILES string of the molecule is Cc1cnc(C(C)NS(=O)(=O)c2c(N)cccc2Cl)o1. The minimum atomic E-state index is -3.87. The smallest absolute Gasteiger partial charge is 0.244 e. The van der Waals surface area contributed by atoms with Gasteiger partial charge < -0.3 is 10.2 Å². The van der Waals surface area contributed by atoms with Crippen LogP contribution in [0.15, 0.2) is 33.7 Å². The van der Waals surface area contributed by atoms with Crippen LogP contribution in [0.5, 0.6) is 0 Å². The van der Waals surface area contributed by atoms with Crippen LogP contribution in [0.25, 0.3) is 0 Å². The highest BCUT2D eigenvalue weighted by atomic mass is 35.5. The van der Waals surface area contributed by atoms with Gasteiger partial charge in [0.25, 0.3) is 0 Å². The molecule has 1 heterocycles. The van der Waals surface area contributed by atoms with Crippen LogP contribution < -0.4 is 10.5 Å². The second kappa shape index (κ2) is 5.43. The van der Waals surface area contributed by atoms with E-state index in [1.54, 1.807) is 19.9 Å². The third-order valence-corrected chi connectivity index (χ3v) is 4.69. The molecule has 0 saturated heterocycles. The summed E-state index contributed by atoms with van der Waals surface area (Å²) in [5.74, 6) is 0.875. The number of anilines is 1. The molecule has 0 bridgehead atoms. The number of hydrogen-bond donors (Lipinski definition) is 2. The van der Waals surface area contributed by atoms with Crippen molar-refractivity contribution < 1.29 is 12.8 Å². The second-order valence-electron chi connectivity index (χ2n) is 4.31. The van der Waals surface area contributed by atoms with Crippen molar-refractivity contribution >= 4 is 27.3 Å². The molecule has 0 aliphatic carbocycles. The van der Waals surface area contributed by atoms with Gasteiger partial charge in [-0.15, -0.1) is 0 Å². The molecule has 2 rings (SSSR count). The van der Waals surface area contributed by atoms with Crippen molar-refractivity contribution in [2.24, 2.45) is 0 Å². The Morgan fingerprint density at radius 3 is 2.70 bits per heavy atom. The quantitative estimate of drug-likeness (QED) is 0.843. The first-order chi connectivity index (χ1) is 9.31. The number of sulfonamides is 1. The standard InChI is InChI=1S/C12H14ClN3O3S/c1-7-6-15-12(19-7)8(2)16-20(17,18)11-9(13)4-3-5-10(11)14/h3-6,8,16H,14H2,1-2H3. The number of hydrogen-bond acceptors (Lipinski definition) is 5. The molecule has 0 saturated carbocycles. The maximum atomic E-state index is 12.3. The van der Waals surface area contributed by atoms with E-state index in [0.29, 0.717) is 5.76 Å². The highest BCUT2D eigenvalue weighted by Crippen LogP contribution is 2.28. The monoisotopic (exact) mass is 315 g/mol. The fourth-order valence-corrected chi connectivity index (χ4v) is 3.60. The van der Waals surface area contributed by atoms with Gasteiger partial charge in [-0.1, -0.05) is 17.7 Å². The number of nitrogens with two attached hydrogens (primary N) is 1. The molecule has 0 spiro atoms. The molecule has 1 unspecified atom stereocenters. The van der Waals surface area contributed by atoms with Gasteiger partial charge in [-0.05, 0) is 26.0 Å². The Bertz CT molecular complexity index is 707. The van der Waals surface area contributed by atoms with Gasteiger partial charge in [-0.25, -0.2) is 13.4 Å². The minimum Gasteiger partial charge on any atom is -0.444 e. The molecule has 2 aromatic rings. The van der Waals surface area contributed by atoms with Crippen molar-refractivity contribution in [3.8, 4) is 0 Å². The van der Waals surface area contributed by atoms with Crippen LogP contribution >= 0.6 is 11.6 Å². The number of aromatic nitrogens is 1. The van der Waals surface area contributed by atoms with Gasteiger partial charge in [0.05, 0.1) is 22.9 Å². The van der Waals surface area contributed by atoms with Crippen LogP contribution in [-0.4, -0.2) is 13.4 Å². The highest BCUT2D eigenvalue weighted by Gasteiger charge is 2.25. The summed E-state index contributed by atoms with van der Waals surface area (Å²) in [5.41, 5.74) is 5.77. The van der Waals surface area contributed by atoms with Crippen LogP contribution in [0.2, 0.25) is 5.02 Å². The maximum absolute atomic E-state index is 12.3. The molecule has 0 aliphatic heterocycles. The van der Waals surface area contributed by atoms with Gasteiger partial charge in [-0.3, -0.25) is 0 Å². The summed E-state index contributed by atoms with van der Waals surface area (Å²) in [7, 11) is -3.87. The Kier molecular flexibility index (Phi) is 4.03. The molecule has 1 aromatic carbocycles. The molecule has 0 amide bonds. The second-order valence-corrected chi connectivity index (χ2v) is 6.37. The van der Waals surface area contributed by atoms with E-state index in [1.807, 2.05) is 0 Å². The summed E-state index contributed by atoms with van der Waals surface area (Å²) >= 11 is 5.91. The molecule has 0 aliphatic rings. The van der Waals surface area contributed by atoms with Crippen LogP contribution in [0.3, 0.4) is 0 Å². The molecule has 20 heavy (non-hydrogen) atoms. The normalized spacial score (nSPS) is 13.3. The third-order valence-electron chi connectivity index (χ3n) is 2.61. The molecule has 1 aromatic heterocycles. The predicted octanol–water partition coefficient (Wildman–Crippen LogP) is 2.26. The summed E-state index contributed by atoms with van der Waals surface area (Å²) in [6, 6.07) is 3.88. The van der Waals surface area contributed by atoms with E-state index in [1.165, 1.54) is 18.3 Å². The summed E-state index contributed by atoms with van der Waals surface area (Å²) < 4.78 is 32.4. The molecule has 3 N–H and O–H groups in total. The summed E-state index contributed by atoms with van der Waals surface area (Å²) in [4.78, 5) is 3.84. The Hall–Kier alpha value is -1.57. The van der Waals surface area contributed by atoms with Crippen molar-refractivity contribution in [2.45, 2.75) is 24.8 Å². The van der Waals surface area contributed by atoms with E-state index < -0.39 is 16.1 Å². The van der Waals surface area contributed by atoms with Crippen molar-refractivity contribution in [3.63, 3.8) is 0 Å². The van der Waals surface area contributed by atoms with Crippen LogP contribution in [0, 0.1) is 6.92 Å². The van der Waals surface area contributed by atoms with E-state index in [2.05, 4.69) is 9.71 Å². The first kappa shape index (κ1) is 14.8. The number of nitrogens with one attached hydrogen (secondary N) is 1. The van der Waals surface area contributed by atoms with Gasteiger partial charge in [0.15, 0.2) is 0 Å². The molecular formula is C12H14ClN3O3S. The summed E-state index contributed by atoms with van der Waals surface area (Å²) in [5, 5.41) is 0.0632. The third kappa shape index (κ3) is 2.95. The topological polar surface area (TPSA) is 98.2 Å². The lowest BCUT2D eigenvalue weighted by Gasteiger charge is -2.13. The fourth-order valence-electron chi connectivity index (χ4n) is 1.72. The Balaban J connectivity index is 2.32. The molecule has 0 fully saturated rings. The summed E-state index contributed by atoms with van der Waals surface area (Å²) in [6.07, 6.45) is 1.52. The van der Waals surface area contributed by atoms with E-state index in [-0.39, 0.29) is 21.5 Å². The molecule has 0 radical (unpaired) electrons. The number of nitrogen functional groups attached to an aromatic ring is 1. The number of nitrogens with zero attached hydrogens (tertiary/aromatic N) is 1. The van der Waals surface area contributed by atoms with Gasteiger partial charge in [0, 0.05) is 0 Å². The molecule has 8 heteroatoms. The van der Waals surface area contributed by atoms with Crippen molar-refractivity contribution in [1.82, 2.24) is 9.71 Å². The predicted molar refractivity (Wildman–Crippen MR) is 75.8 cm³/mol. The number of benzene rings is 1. The average Bonchev–Trinajstić information content (AvgIpc) is 2.74. The lowest BCUT2D eigenvalue weighted by atomic mass is 10.3. The lowest BCUT2D eigenvalue weighted by Crippen LogP contribution is -2.28. The first-order valence-corrected chi connectivity index (χ1v) is 7.66. The van der Waals surface area contributed by atoms with E-state index in [4.69, 9.17) is 21.8 Å². The van der Waals surface area contributed by atoms with Crippen LogP contribution in [0.4, 0.5) is 5.69 Å². The zero-order valence-corrected chi connectivity index (χ0v) is 12.5. The van der Waals surface area contributed by atoms with E-state index in [9.17, 15) is 8.42 Å². The zero-order chi connectivity index (χ0) is 14.9. The fraction of sp³-hybridized carbons (Fsp3) is 0.250. The minimum absolute atomic E-state index is 0.0632. The number of oxazole rings is 1. The first-order valence-electron chi connectivity index (χ1n) is 5.80. The lowest BCUT2D eigenvalue weighted by molar-refractivity contribution is 0.428. The summed E-state index contributed by atoms with van der Waals surface area (Å²) in [6.45, 7) is 3.35. The Labute approximate surface area is 122 Å². The molecular weight excluding hydrogens is 302 g/mol. The van der Waals surface area contributed by atoms with Crippen molar-refractivity contribution in [2.75, 3.05) is 5.73 Å². The number of aryl methyl sites for hydroxylation is 1. The van der Waals surface area contributed by atoms with Crippen LogP contribution in [-0.2, 0) is 10.0 Å². The van der Waals surface area contributed by atoms with Crippen molar-refractivity contribution in [3.05, 3.63) is 41.1 Å². The van der Waals surface area contributed by atoms with E-state index in [0.717, 1.165) is 0 Å². The van der Waals surface area contributed by atoms with Gasteiger partial charge in [0.1, 0.15) is 10.7 Å². The van der Waals surface area contributed by atoms with E-state index >= 15 is 0 Å². The highest BCUT2D eigenvalue weighted by molar-refractivity contribution is 7.89. The molecule has 6 nitrogen and oxygen atoms in total. The largest absolute Gasteiger partial charge is 0.444 e. The van der Waals surface area contributed by atoms with Crippen molar-refractivity contribution in [1.29, 1.82) is 0 Å². The Morgan fingerprint density at radius 1 is 1.45 bits per heavy atom. The maximum Gasteiger partial charge on any atom is 0.244 e. The Morgan fingerprint density at radius 2 is 2.15 bits per heavy atom. The van der Waals surface area contributed by atoms with Gasteiger partial charge in [-0.2, -0.15) is 4.72 Å². The van der Waals surface area contributed by atoms with Crippen LogP contribution in [0.1, 0.15) is 24.6 Å². The number of halogens is 1. The number of rotatable bonds is 4. The van der Waals surface area contributed by atoms with Gasteiger partial charge >= 0.3 is 0 Å². The zero-order valence-electron chi connectivity index (χ0n) is 10.9. The average molecular weight is 316 g/mol. The molecule has 108 valence electrons. The molecule has 1 atom stereocenters.